The third-order valence-corrected chi connectivity index (χ3v) is 4.32. The molecule has 0 aliphatic carbocycles. The van der Waals surface area contributed by atoms with Gasteiger partial charge in [-0.2, -0.15) is 0 Å². The van der Waals surface area contributed by atoms with E-state index in [0.29, 0.717) is 6.61 Å². The molecule has 0 saturated carbocycles. The highest BCUT2D eigenvalue weighted by Crippen LogP contribution is 2.59. The Kier molecular flexibility index (Phi) is 2.53. The first kappa shape index (κ1) is 13.3. The molecule has 0 aromatic heterocycles. The van der Waals surface area contributed by atoms with Crippen LogP contribution in [0.1, 0.15) is 41.5 Å². The molecule has 0 spiro atoms. The highest BCUT2D eigenvalue weighted by atomic mass is 16.8. The largest absolute Gasteiger partial charge is 0.387 e. The lowest BCUT2D eigenvalue weighted by Gasteiger charge is -2.42. The van der Waals surface area contributed by atoms with Gasteiger partial charge >= 0.3 is 0 Å². The summed E-state index contributed by atoms with van der Waals surface area (Å²) in [5.74, 6) is -1.10. The molecule has 0 aromatic rings. The van der Waals surface area contributed by atoms with E-state index in [9.17, 15) is 10.2 Å². The maximum absolute atomic E-state index is 10.3. The van der Waals surface area contributed by atoms with E-state index in [4.69, 9.17) is 9.47 Å². The van der Waals surface area contributed by atoms with Crippen LogP contribution in [0.5, 0.6) is 0 Å². The Hall–Kier alpha value is -0.160. The van der Waals surface area contributed by atoms with E-state index < -0.39 is 29.0 Å². The molecule has 2 rings (SSSR count). The molecule has 2 fully saturated rings. The zero-order valence-electron chi connectivity index (χ0n) is 11.6. The predicted octanol–water partition coefficient (Wildman–Crippen LogP) is 1.30. The van der Waals surface area contributed by atoms with Crippen molar-refractivity contribution in [3.05, 3.63) is 0 Å². The third kappa shape index (κ3) is 1.38. The Labute approximate surface area is 103 Å². The average Bonchev–Trinajstić information content (AvgIpc) is 2.63. The Balaban J connectivity index is 2.48. The highest BCUT2D eigenvalue weighted by Gasteiger charge is 2.75. The van der Waals surface area contributed by atoms with Crippen molar-refractivity contribution < 1.29 is 19.7 Å². The number of hydrogen-bond donors (Lipinski definition) is 2. The second-order valence-corrected chi connectivity index (χ2v) is 7.34. The first-order chi connectivity index (χ1) is 7.48. The minimum atomic E-state index is -1.10. The van der Waals surface area contributed by atoms with Gasteiger partial charge in [-0.1, -0.05) is 41.5 Å². The Morgan fingerprint density at radius 1 is 0.941 bits per heavy atom. The Morgan fingerprint density at radius 2 is 1.47 bits per heavy atom. The van der Waals surface area contributed by atoms with Crippen LogP contribution in [-0.2, 0) is 9.47 Å². The molecule has 4 heteroatoms. The van der Waals surface area contributed by atoms with Crippen molar-refractivity contribution in [3.8, 4) is 0 Å². The maximum Gasteiger partial charge on any atom is 0.203 e. The van der Waals surface area contributed by atoms with Crippen molar-refractivity contribution in [2.45, 2.75) is 65.1 Å². The van der Waals surface area contributed by atoms with Crippen molar-refractivity contribution in [1.82, 2.24) is 0 Å². The van der Waals surface area contributed by atoms with Gasteiger partial charge in [0.15, 0.2) is 0 Å². The lowest BCUT2D eigenvalue weighted by atomic mass is 9.71. The lowest BCUT2D eigenvalue weighted by molar-refractivity contribution is -0.263. The van der Waals surface area contributed by atoms with Crippen LogP contribution >= 0.6 is 0 Å². The topological polar surface area (TPSA) is 58.9 Å². The summed E-state index contributed by atoms with van der Waals surface area (Å²) >= 11 is 0. The monoisotopic (exact) mass is 244 g/mol. The number of fused-ring (bicyclic) bond motifs is 2. The van der Waals surface area contributed by atoms with Gasteiger partial charge in [0.1, 0.15) is 17.8 Å². The van der Waals surface area contributed by atoms with Crippen molar-refractivity contribution in [2.24, 2.45) is 10.8 Å². The summed E-state index contributed by atoms with van der Waals surface area (Å²) in [5.41, 5.74) is -1.51. The van der Waals surface area contributed by atoms with Gasteiger partial charge in [-0.25, -0.2) is 0 Å². The number of ether oxygens (including phenoxy) is 2. The number of rotatable bonds is 0. The standard InChI is InChI=1S/C13H24O4/c1-10(2,3)12-7-16-13(17-12,11(4,5)6)9(15)8(12)14/h8-9,14-15H,7H2,1-6H3. The van der Waals surface area contributed by atoms with Crippen molar-refractivity contribution in [2.75, 3.05) is 6.61 Å². The Bertz CT molecular complexity index is 295. The normalized spacial score (nSPS) is 46.6. The summed E-state index contributed by atoms with van der Waals surface area (Å²) in [6, 6.07) is 0. The van der Waals surface area contributed by atoms with Crippen LogP contribution in [0, 0.1) is 10.8 Å². The molecule has 2 N–H and O–H groups in total. The zero-order valence-corrected chi connectivity index (χ0v) is 11.6. The molecule has 4 unspecified atom stereocenters. The summed E-state index contributed by atoms with van der Waals surface area (Å²) in [4.78, 5) is 0. The van der Waals surface area contributed by atoms with E-state index in [1.807, 2.05) is 41.5 Å². The van der Waals surface area contributed by atoms with Crippen molar-refractivity contribution in [3.63, 3.8) is 0 Å². The molecule has 17 heavy (non-hydrogen) atoms. The molecular weight excluding hydrogens is 220 g/mol. The highest BCUT2D eigenvalue weighted by molar-refractivity contribution is 5.17. The summed E-state index contributed by atoms with van der Waals surface area (Å²) in [5, 5.41) is 20.7. The summed E-state index contributed by atoms with van der Waals surface area (Å²) in [6.07, 6.45) is -1.91. The van der Waals surface area contributed by atoms with Crippen LogP contribution in [0.25, 0.3) is 0 Å². The minimum Gasteiger partial charge on any atom is -0.387 e. The fraction of sp³-hybridized carbons (Fsp3) is 1.00. The average molecular weight is 244 g/mol. The number of aliphatic hydroxyl groups is 2. The molecule has 2 heterocycles. The zero-order chi connectivity index (χ0) is 13.3. The van der Waals surface area contributed by atoms with Crippen LogP contribution in [0.2, 0.25) is 0 Å². The Morgan fingerprint density at radius 3 is 1.76 bits per heavy atom. The second kappa shape index (κ2) is 3.23. The minimum absolute atomic E-state index is 0.295. The molecule has 0 amide bonds. The van der Waals surface area contributed by atoms with Crippen LogP contribution < -0.4 is 0 Å². The van der Waals surface area contributed by atoms with E-state index in [0.717, 1.165) is 0 Å². The quantitative estimate of drug-likeness (QED) is 0.674. The number of hydrogen-bond acceptors (Lipinski definition) is 4. The van der Waals surface area contributed by atoms with Gasteiger partial charge in [0.2, 0.25) is 5.79 Å². The van der Waals surface area contributed by atoms with Crippen molar-refractivity contribution in [1.29, 1.82) is 0 Å². The summed E-state index contributed by atoms with van der Waals surface area (Å²) in [6.45, 7) is 12.2. The van der Waals surface area contributed by atoms with Crippen LogP contribution in [0.15, 0.2) is 0 Å². The van der Waals surface area contributed by atoms with Crippen molar-refractivity contribution >= 4 is 0 Å². The molecule has 4 atom stereocenters. The molecule has 0 radical (unpaired) electrons. The lowest BCUT2D eigenvalue weighted by Crippen LogP contribution is -2.60. The first-order valence-electron chi connectivity index (χ1n) is 6.18. The molecular formula is C13H24O4. The van der Waals surface area contributed by atoms with Gasteiger partial charge in [-0.15, -0.1) is 0 Å². The fourth-order valence-corrected chi connectivity index (χ4v) is 2.92. The van der Waals surface area contributed by atoms with E-state index >= 15 is 0 Å². The smallest absolute Gasteiger partial charge is 0.203 e. The van der Waals surface area contributed by atoms with Gasteiger partial charge in [0.05, 0.1) is 6.61 Å². The summed E-state index contributed by atoms with van der Waals surface area (Å²) < 4.78 is 11.9. The summed E-state index contributed by atoms with van der Waals surface area (Å²) in [7, 11) is 0. The van der Waals surface area contributed by atoms with Gasteiger partial charge in [-0.05, 0) is 5.41 Å². The molecule has 4 nitrogen and oxygen atoms in total. The van der Waals surface area contributed by atoms with Gasteiger partial charge < -0.3 is 19.7 Å². The van der Waals surface area contributed by atoms with Gasteiger partial charge in [-0.3, -0.25) is 0 Å². The second-order valence-electron chi connectivity index (χ2n) is 7.34. The molecule has 0 aromatic carbocycles. The fourth-order valence-electron chi connectivity index (χ4n) is 2.92. The van der Waals surface area contributed by atoms with Gasteiger partial charge in [0.25, 0.3) is 0 Å². The predicted molar refractivity (Wildman–Crippen MR) is 63.4 cm³/mol. The van der Waals surface area contributed by atoms with E-state index in [1.165, 1.54) is 0 Å². The van der Waals surface area contributed by atoms with Crippen LogP contribution in [0.3, 0.4) is 0 Å². The van der Waals surface area contributed by atoms with Gasteiger partial charge in [0, 0.05) is 5.41 Å². The number of aliphatic hydroxyl groups excluding tert-OH is 2. The van der Waals surface area contributed by atoms with E-state index in [1.54, 1.807) is 0 Å². The molecule has 2 aliphatic rings. The maximum atomic E-state index is 10.3. The first-order valence-corrected chi connectivity index (χ1v) is 6.18. The molecule has 100 valence electrons. The molecule has 2 aliphatic heterocycles. The molecule has 2 saturated heterocycles. The van der Waals surface area contributed by atoms with Crippen LogP contribution in [0.4, 0.5) is 0 Å². The molecule has 2 bridgehead atoms. The van der Waals surface area contributed by atoms with E-state index in [2.05, 4.69) is 0 Å². The van der Waals surface area contributed by atoms with E-state index in [-0.39, 0.29) is 5.41 Å². The van der Waals surface area contributed by atoms with Crippen LogP contribution in [-0.4, -0.2) is 40.4 Å². The third-order valence-electron chi connectivity index (χ3n) is 4.32. The SMILES string of the molecule is CC(C)(C)C12COC(C(C)(C)C)(O1)C(O)C2O.